The third-order valence-corrected chi connectivity index (χ3v) is 4.06. The Morgan fingerprint density at radius 3 is 2.65 bits per heavy atom. The number of amides is 1. The van der Waals surface area contributed by atoms with Crippen molar-refractivity contribution in [3.8, 4) is 11.5 Å². The number of para-hydroxylation sites is 1. The molecule has 0 saturated carbocycles. The van der Waals surface area contributed by atoms with Gasteiger partial charge in [0.05, 0.1) is 13.7 Å². The maximum Gasteiger partial charge on any atom is 0.248 e. The number of aryl methyl sites for hydroxylation is 2. The van der Waals surface area contributed by atoms with Crippen LogP contribution in [0.1, 0.15) is 37.0 Å². The van der Waals surface area contributed by atoms with Gasteiger partial charge >= 0.3 is 0 Å². The van der Waals surface area contributed by atoms with Gasteiger partial charge in [-0.1, -0.05) is 38.1 Å². The lowest BCUT2D eigenvalue weighted by atomic mass is 10.1. The predicted octanol–water partition coefficient (Wildman–Crippen LogP) is 5.01. The Bertz CT molecular complexity index is 781. The van der Waals surface area contributed by atoms with E-state index in [0.29, 0.717) is 18.1 Å². The van der Waals surface area contributed by atoms with Crippen LogP contribution in [0.2, 0.25) is 0 Å². The van der Waals surface area contributed by atoms with Crippen molar-refractivity contribution in [3.05, 3.63) is 59.2 Å². The summed E-state index contributed by atoms with van der Waals surface area (Å²) >= 11 is 0. The highest BCUT2D eigenvalue weighted by Gasteiger charge is 2.07. The van der Waals surface area contributed by atoms with Gasteiger partial charge in [0.2, 0.25) is 5.91 Å². The van der Waals surface area contributed by atoms with Gasteiger partial charge in [0.25, 0.3) is 0 Å². The molecular weight excluding hydrogens is 326 g/mol. The molecule has 0 unspecified atom stereocenters. The molecule has 0 spiro atoms. The van der Waals surface area contributed by atoms with Crippen LogP contribution in [0.5, 0.6) is 11.5 Å². The van der Waals surface area contributed by atoms with Gasteiger partial charge in [0.15, 0.2) is 11.5 Å². The lowest BCUT2D eigenvalue weighted by Gasteiger charge is -2.12. The minimum absolute atomic E-state index is 0.153. The van der Waals surface area contributed by atoms with E-state index in [1.54, 1.807) is 13.2 Å². The molecule has 2 rings (SSSR count). The number of nitrogens with one attached hydrogen (secondary N) is 1. The molecule has 0 saturated heterocycles. The van der Waals surface area contributed by atoms with E-state index in [2.05, 4.69) is 19.2 Å². The number of hydrogen-bond acceptors (Lipinski definition) is 3. The van der Waals surface area contributed by atoms with Gasteiger partial charge in [-0.15, -0.1) is 0 Å². The second kappa shape index (κ2) is 9.66. The van der Waals surface area contributed by atoms with Crippen molar-refractivity contribution in [1.29, 1.82) is 0 Å². The number of benzene rings is 2. The lowest BCUT2D eigenvalue weighted by Crippen LogP contribution is -2.11. The summed E-state index contributed by atoms with van der Waals surface area (Å²) in [6.07, 6.45) is 5.11. The van der Waals surface area contributed by atoms with Crippen molar-refractivity contribution in [3.63, 3.8) is 0 Å². The van der Waals surface area contributed by atoms with E-state index in [9.17, 15) is 4.79 Å². The fourth-order valence-electron chi connectivity index (χ4n) is 2.66. The summed E-state index contributed by atoms with van der Waals surface area (Å²) in [5.74, 6) is 1.22. The van der Waals surface area contributed by atoms with Gasteiger partial charge in [-0.05, 0) is 54.7 Å². The van der Waals surface area contributed by atoms with Crippen molar-refractivity contribution < 1.29 is 14.3 Å². The average molecular weight is 353 g/mol. The van der Waals surface area contributed by atoms with Gasteiger partial charge in [0, 0.05) is 11.8 Å². The van der Waals surface area contributed by atoms with E-state index in [1.807, 2.05) is 43.3 Å². The van der Waals surface area contributed by atoms with E-state index in [1.165, 1.54) is 6.08 Å². The molecule has 4 nitrogen and oxygen atoms in total. The number of carbonyl (C=O) groups is 1. The number of hydrogen-bond donors (Lipinski definition) is 1. The zero-order valence-electron chi connectivity index (χ0n) is 16.0. The SMILES string of the molecule is CCCOc1ccc(/C=C/C(=O)Nc2c(C)cccc2CC)cc1OC. The second-order valence-corrected chi connectivity index (χ2v) is 6.04. The molecule has 0 fully saturated rings. The van der Waals surface area contributed by atoms with E-state index in [-0.39, 0.29) is 5.91 Å². The van der Waals surface area contributed by atoms with Crippen LogP contribution in [0.15, 0.2) is 42.5 Å². The summed E-state index contributed by atoms with van der Waals surface area (Å²) < 4.78 is 11.0. The number of ether oxygens (including phenoxy) is 2. The largest absolute Gasteiger partial charge is 0.493 e. The van der Waals surface area contributed by atoms with Crippen LogP contribution >= 0.6 is 0 Å². The van der Waals surface area contributed by atoms with Gasteiger partial charge in [-0.25, -0.2) is 0 Å². The molecule has 0 atom stereocenters. The molecule has 26 heavy (non-hydrogen) atoms. The Morgan fingerprint density at radius 1 is 1.15 bits per heavy atom. The van der Waals surface area contributed by atoms with E-state index in [4.69, 9.17) is 9.47 Å². The van der Waals surface area contributed by atoms with E-state index in [0.717, 1.165) is 35.2 Å². The number of rotatable bonds is 8. The lowest BCUT2D eigenvalue weighted by molar-refractivity contribution is -0.111. The summed E-state index contributed by atoms with van der Waals surface area (Å²) in [6.45, 7) is 6.78. The molecule has 138 valence electrons. The minimum atomic E-state index is -0.153. The third-order valence-electron chi connectivity index (χ3n) is 4.06. The summed E-state index contributed by atoms with van der Waals surface area (Å²) in [5.41, 5.74) is 3.96. The van der Waals surface area contributed by atoms with Crippen LogP contribution in [0.25, 0.3) is 6.08 Å². The van der Waals surface area contributed by atoms with Crippen LogP contribution in [-0.4, -0.2) is 19.6 Å². The quantitative estimate of drug-likeness (QED) is 0.679. The van der Waals surface area contributed by atoms with Gasteiger partial charge in [-0.3, -0.25) is 4.79 Å². The van der Waals surface area contributed by atoms with Crippen molar-refractivity contribution >= 4 is 17.7 Å². The predicted molar refractivity (Wildman–Crippen MR) is 107 cm³/mol. The molecule has 0 aliphatic carbocycles. The van der Waals surface area contributed by atoms with E-state index >= 15 is 0 Å². The van der Waals surface area contributed by atoms with Crippen molar-refractivity contribution in [2.75, 3.05) is 19.0 Å². The van der Waals surface area contributed by atoms with Crippen LogP contribution in [0, 0.1) is 6.92 Å². The summed E-state index contributed by atoms with van der Waals surface area (Å²) in [4.78, 5) is 12.3. The summed E-state index contributed by atoms with van der Waals surface area (Å²) in [7, 11) is 1.61. The molecule has 2 aromatic carbocycles. The van der Waals surface area contributed by atoms with Crippen LogP contribution in [-0.2, 0) is 11.2 Å². The first-order valence-corrected chi connectivity index (χ1v) is 8.97. The molecule has 0 aliphatic heterocycles. The monoisotopic (exact) mass is 353 g/mol. The molecule has 0 radical (unpaired) electrons. The molecular formula is C22H27NO3. The molecule has 0 aromatic heterocycles. The highest BCUT2D eigenvalue weighted by atomic mass is 16.5. The fraction of sp³-hybridized carbons (Fsp3) is 0.318. The van der Waals surface area contributed by atoms with Gasteiger partial charge in [0.1, 0.15) is 0 Å². The first-order chi connectivity index (χ1) is 12.6. The Morgan fingerprint density at radius 2 is 1.96 bits per heavy atom. The van der Waals surface area contributed by atoms with E-state index < -0.39 is 0 Å². The molecule has 0 bridgehead atoms. The number of carbonyl (C=O) groups excluding carboxylic acids is 1. The first-order valence-electron chi connectivity index (χ1n) is 8.97. The van der Waals surface area contributed by atoms with Crippen LogP contribution in [0.4, 0.5) is 5.69 Å². The minimum Gasteiger partial charge on any atom is -0.493 e. The molecule has 1 amide bonds. The van der Waals surface area contributed by atoms with Crippen molar-refractivity contribution in [2.45, 2.75) is 33.6 Å². The topological polar surface area (TPSA) is 47.6 Å². The maximum absolute atomic E-state index is 12.3. The zero-order chi connectivity index (χ0) is 18.9. The molecule has 4 heteroatoms. The van der Waals surface area contributed by atoms with Crippen molar-refractivity contribution in [1.82, 2.24) is 0 Å². The Hall–Kier alpha value is -2.75. The second-order valence-electron chi connectivity index (χ2n) is 6.04. The first kappa shape index (κ1) is 19.6. The van der Waals surface area contributed by atoms with Crippen LogP contribution in [0.3, 0.4) is 0 Å². The Kier molecular flexibility index (Phi) is 7.27. The Balaban J connectivity index is 2.11. The standard InChI is InChI=1S/C22H27NO3/c1-5-14-26-19-12-10-17(15-20(19)25-4)11-13-21(24)23-22-16(3)8-7-9-18(22)6-2/h7-13,15H,5-6,14H2,1-4H3,(H,23,24)/b13-11+. The molecule has 2 aromatic rings. The Labute approximate surface area is 155 Å². The highest BCUT2D eigenvalue weighted by molar-refractivity contribution is 6.02. The number of methoxy groups -OCH3 is 1. The zero-order valence-corrected chi connectivity index (χ0v) is 16.0. The third kappa shape index (κ3) is 5.12. The smallest absolute Gasteiger partial charge is 0.248 e. The maximum atomic E-state index is 12.3. The molecule has 0 heterocycles. The van der Waals surface area contributed by atoms with Crippen molar-refractivity contribution in [2.24, 2.45) is 0 Å². The molecule has 1 N–H and O–H groups in total. The summed E-state index contributed by atoms with van der Waals surface area (Å²) in [5, 5.41) is 2.99. The molecule has 0 aliphatic rings. The average Bonchev–Trinajstić information content (AvgIpc) is 2.66. The van der Waals surface area contributed by atoms with Gasteiger partial charge < -0.3 is 14.8 Å². The normalized spacial score (nSPS) is 10.8. The van der Waals surface area contributed by atoms with Crippen LogP contribution < -0.4 is 14.8 Å². The summed E-state index contributed by atoms with van der Waals surface area (Å²) in [6, 6.07) is 11.7. The number of anilines is 1. The highest BCUT2D eigenvalue weighted by Crippen LogP contribution is 2.28. The van der Waals surface area contributed by atoms with Gasteiger partial charge in [-0.2, -0.15) is 0 Å². The fourth-order valence-corrected chi connectivity index (χ4v) is 2.66.